The number of anilines is 3. The van der Waals surface area contributed by atoms with Gasteiger partial charge in [-0.15, -0.1) is 0 Å². The summed E-state index contributed by atoms with van der Waals surface area (Å²) in [4.78, 5) is 6.93. The average Bonchev–Trinajstić information content (AvgIpc) is 2.65. The van der Waals surface area contributed by atoms with E-state index in [1.807, 2.05) is 6.20 Å². The topological polar surface area (TPSA) is 49.4 Å². The number of ether oxygens (including phenoxy) is 1. The maximum atomic E-state index is 5.80. The maximum absolute atomic E-state index is 5.80. The van der Waals surface area contributed by atoms with Crippen LogP contribution in [-0.4, -0.2) is 35.5 Å². The fourth-order valence-corrected chi connectivity index (χ4v) is 3.63. The Labute approximate surface area is 167 Å². The van der Waals surface area contributed by atoms with Gasteiger partial charge in [0, 0.05) is 30.6 Å². The zero-order valence-corrected chi connectivity index (χ0v) is 17.4. The van der Waals surface area contributed by atoms with Gasteiger partial charge in [0.2, 0.25) is 0 Å². The summed E-state index contributed by atoms with van der Waals surface area (Å²) in [6.45, 7) is 11.1. The van der Waals surface area contributed by atoms with E-state index in [0.717, 1.165) is 36.8 Å². The highest BCUT2D eigenvalue weighted by molar-refractivity contribution is 8.01. The van der Waals surface area contributed by atoms with Crippen LogP contribution in [0, 0.1) is 0 Å². The normalized spacial score (nSPS) is 20.0. The van der Waals surface area contributed by atoms with E-state index in [0.29, 0.717) is 5.25 Å². The molecule has 3 rings (SSSR count). The van der Waals surface area contributed by atoms with Crippen molar-refractivity contribution < 1.29 is 4.74 Å². The lowest BCUT2D eigenvalue weighted by Crippen LogP contribution is -2.45. The van der Waals surface area contributed by atoms with Gasteiger partial charge < -0.3 is 19.7 Å². The summed E-state index contributed by atoms with van der Waals surface area (Å²) in [6, 6.07) is 12.7. The third-order valence-electron chi connectivity index (χ3n) is 4.35. The van der Waals surface area contributed by atoms with E-state index < -0.39 is 0 Å². The Balaban J connectivity index is 1.51. The Bertz CT molecular complexity index is 695. The van der Waals surface area contributed by atoms with Crippen molar-refractivity contribution >= 4 is 29.1 Å². The second kappa shape index (κ2) is 9.33. The fourth-order valence-electron chi connectivity index (χ4n) is 3.12. The largest absolute Gasteiger partial charge is 0.380 e. The second-order valence-electron chi connectivity index (χ2n) is 7.39. The van der Waals surface area contributed by atoms with Gasteiger partial charge in [-0.2, -0.15) is 0 Å². The van der Waals surface area contributed by atoms with Crippen molar-refractivity contribution in [2.24, 2.45) is 0 Å². The molecule has 1 aliphatic heterocycles. The van der Waals surface area contributed by atoms with Crippen molar-refractivity contribution in [3.05, 3.63) is 48.2 Å². The zero-order chi connectivity index (χ0) is 19.2. The van der Waals surface area contributed by atoms with Gasteiger partial charge >= 0.3 is 0 Å². The summed E-state index contributed by atoms with van der Waals surface area (Å²) in [5.41, 5.74) is 3.41. The van der Waals surface area contributed by atoms with E-state index >= 15 is 0 Å². The number of benzene rings is 1. The van der Waals surface area contributed by atoms with E-state index in [4.69, 9.17) is 4.74 Å². The lowest BCUT2D eigenvalue weighted by atomic mass is 10.2. The first kappa shape index (κ1) is 19.8. The van der Waals surface area contributed by atoms with Gasteiger partial charge in [0.05, 0.1) is 24.1 Å². The van der Waals surface area contributed by atoms with Gasteiger partial charge in [-0.3, -0.25) is 0 Å². The minimum Gasteiger partial charge on any atom is -0.380 e. The number of rotatable bonds is 7. The summed E-state index contributed by atoms with van der Waals surface area (Å²) < 4.78 is 9.16. The van der Waals surface area contributed by atoms with E-state index in [1.54, 1.807) is 11.9 Å². The van der Waals surface area contributed by atoms with Crippen molar-refractivity contribution in [3.8, 4) is 0 Å². The summed E-state index contributed by atoms with van der Waals surface area (Å²) in [6.07, 6.45) is 2.39. The molecule has 6 heteroatoms. The molecule has 2 heterocycles. The highest BCUT2D eigenvalue weighted by Crippen LogP contribution is 2.21. The molecule has 1 aliphatic rings. The summed E-state index contributed by atoms with van der Waals surface area (Å²) >= 11 is 1.73. The molecule has 2 N–H and O–H groups in total. The Kier molecular flexibility index (Phi) is 6.85. The monoisotopic (exact) mass is 386 g/mol. The van der Waals surface area contributed by atoms with Gasteiger partial charge in [0.25, 0.3) is 0 Å². The molecule has 0 aliphatic carbocycles. The second-order valence-corrected chi connectivity index (χ2v) is 8.77. The van der Waals surface area contributed by atoms with E-state index in [1.165, 1.54) is 5.56 Å². The highest BCUT2D eigenvalue weighted by Gasteiger charge is 2.22. The molecular weight excluding hydrogens is 356 g/mol. The van der Waals surface area contributed by atoms with Crippen molar-refractivity contribution in [2.75, 3.05) is 28.0 Å². The van der Waals surface area contributed by atoms with Gasteiger partial charge in [0.15, 0.2) is 0 Å². The van der Waals surface area contributed by atoms with E-state index in [-0.39, 0.29) is 12.2 Å². The first-order valence-electron chi connectivity index (χ1n) is 9.60. The molecule has 0 radical (unpaired) electrons. The third-order valence-corrected chi connectivity index (χ3v) is 5.18. The molecular formula is C21H30N4OS. The number of aromatic nitrogens is 1. The number of pyridine rings is 1. The molecule has 2 atom stereocenters. The van der Waals surface area contributed by atoms with Crippen molar-refractivity contribution in [1.82, 2.24) is 4.98 Å². The Morgan fingerprint density at radius 1 is 1.07 bits per heavy atom. The predicted molar refractivity (Wildman–Crippen MR) is 117 cm³/mol. The number of nitrogens with one attached hydrogen (secondary N) is 2. The SMILES string of the molecule is CC(C)SNc1ccc(CNc2ccc(N3C[C@@H](C)O[C@@H](C)C3)nc2)cc1. The van der Waals surface area contributed by atoms with E-state index in [2.05, 4.69) is 84.0 Å². The van der Waals surface area contributed by atoms with Crippen molar-refractivity contribution in [3.63, 3.8) is 0 Å². The third kappa shape index (κ3) is 6.04. The van der Waals surface area contributed by atoms with Crippen LogP contribution < -0.4 is 14.9 Å². The molecule has 0 amide bonds. The number of morpholine rings is 1. The molecule has 27 heavy (non-hydrogen) atoms. The Morgan fingerprint density at radius 3 is 2.33 bits per heavy atom. The van der Waals surface area contributed by atoms with Crippen LogP contribution in [0.5, 0.6) is 0 Å². The van der Waals surface area contributed by atoms with Crippen molar-refractivity contribution in [2.45, 2.75) is 51.7 Å². The van der Waals surface area contributed by atoms with Crippen LogP contribution >= 0.6 is 11.9 Å². The van der Waals surface area contributed by atoms with Gasteiger partial charge in [-0.05, 0) is 55.6 Å². The minimum absolute atomic E-state index is 0.241. The van der Waals surface area contributed by atoms with Crippen LogP contribution in [0.3, 0.4) is 0 Å². The molecule has 1 saturated heterocycles. The highest BCUT2D eigenvalue weighted by atomic mass is 32.2. The first-order valence-corrected chi connectivity index (χ1v) is 10.5. The summed E-state index contributed by atoms with van der Waals surface area (Å²) in [5, 5.41) is 4.01. The number of nitrogens with zero attached hydrogens (tertiary/aromatic N) is 2. The smallest absolute Gasteiger partial charge is 0.128 e. The maximum Gasteiger partial charge on any atom is 0.128 e. The molecule has 146 valence electrons. The lowest BCUT2D eigenvalue weighted by Gasteiger charge is -2.36. The van der Waals surface area contributed by atoms with E-state index in [9.17, 15) is 0 Å². The summed E-state index contributed by atoms with van der Waals surface area (Å²) in [7, 11) is 0. The zero-order valence-electron chi connectivity index (χ0n) is 16.6. The molecule has 5 nitrogen and oxygen atoms in total. The lowest BCUT2D eigenvalue weighted by molar-refractivity contribution is -0.00545. The van der Waals surface area contributed by atoms with Crippen LogP contribution in [0.1, 0.15) is 33.3 Å². The van der Waals surface area contributed by atoms with Gasteiger partial charge in [-0.1, -0.05) is 26.0 Å². The molecule has 0 saturated carbocycles. The number of hydrogen-bond acceptors (Lipinski definition) is 6. The molecule has 0 bridgehead atoms. The van der Waals surface area contributed by atoms with Gasteiger partial charge in [0.1, 0.15) is 5.82 Å². The first-order chi connectivity index (χ1) is 13.0. The molecule has 1 aromatic heterocycles. The van der Waals surface area contributed by atoms with Crippen LogP contribution in [-0.2, 0) is 11.3 Å². The minimum atomic E-state index is 0.241. The molecule has 0 spiro atoms. The fraction of sp³-hybridized carbons (Fsp3) is 0.476. The predicted octanol–water partition coefficient (Wildman–Crippen LogP) is 4.78. The molecule has 2 aromatic rings. The van der Waals surface area contributed by atoms with Crippen LogP contribution in [0.4, 0.5) is 17.2 Å². The average molecular weight is 387 g/mol. The molecule has 0 unspecified atom stereocenters. The Hall–Kier alpha value is -1.92. The molecule has 1 aromatic carbocycles. The van der Waals surface area contributed by atoms with Crippen LogP contribution in [0.2, 0.25) is 0 Å². The molecule has 1 fully saturated rings. The quantitative estimate of drug-likeness (QED) is 0.668. The van der Waals surface area contributed by atoms with Crippen molar-refractivity contribution in [1.29, 1.82) is 0 Å². The Morgan fingerprint density at radius 2 is 1.74 bits per heavy atom. The van der Waals surface area contributed by atoms with Gasteiger partial charge in [-0.25, -0.2) is 4.98 Å². The number of hydrogen-bond donors (Lipinski definition) is 2. The van der Waals surface area contributed by atoms with Crippen LogP contribution in [0.15, 0.2) is 42.6 Å². The van der Waals surface area contributed by atoms with Crippen LogP contribution in [0.25, 0.3) is 0 Å². The standard InChI is InChI=1S/C21H30N4OS/c1-15(2)27-24-19-7-5-18(6-8-19)11-22-20-9-10-21(23-12-20)25-13-16(3)26-17(4)14-25/h5-10,12,15-17,22,24H,11,13-14H2,1-4H3/t16-,17+. The summed E-state index contributed by atoms with van der Waals surface area (Å²) in [5.74, 6) is 1.01.